The molecule has 1 N–H and O–H groups in total. The third kappa shape index (κ3) is 2.97. The lowest BCUT2D eigenvalue weighted by atomic mass is 9.97. The number of aromatic nitrogens is 2. The Morgan fingerprint density at radius 1 is 1.21 bits per heavy atom. The van der Waals surface area contributed by atoms with Gasteiger partial charge in [0, 0.05) is 5.56 Å². The number of hydrogen-bond acceptors (Lipinski definition) is 1. The van der Waals surface area contributed by atoms with Crippen molar-refractivity contribution in [1.29, 1.82) is 0 Å². The Morgan fingerprint density at radius 2 is 1.84 bits per heavy atom. The molecule has 0 spiro atoms. The summed E-state index contributed by atoms with van der Waals surface area (Å²) in [6.45, 7) is 4.22. The highest BCUT2D eigenvalue weighted by molar-refractivity contribution is 5.59. The molecule has 2 aromatic rings. The monoisotopic (exact) mass is 268 g/mol. The number of benzene rings is 1. The van der Waals surface area contributed by atoms with Crippen LogP contribution in [0.2, 0.25) is 0 Å². The molecular weight excluding hydrogens is 253 g/mol. The van der Waals surface area contributed by atoms with E-state index in [9.17, 15) is 13.2 Å². The maximum absolute atomic E-state index is 12.5. The van der Waals surface area contributed by atoms with Gasteiger partial charge in [-0.2, -0.15) is 18.3 Å². The largest absolute Gasteiger partial charge is 0.432 e. The van der Waals surface area contributed by atoms with E-state index < -0.39 is 11.9 Å². The van der Waals surface area contributed by atoms with Crippen LogP contribution in [-0.2, 0) is 6.18 Å². The van der Waals surface area contributed by atoms with Gasteiger partial charge in [0.25, 0.3) is 0 Å². The predicted octanol–water partition coefficient (Wildman–Crippen LogP) is 4.61. The van der Waals surface area contributed by atoms with Crippen LogP contribution in [0.4, 0.5) is 13.2 Å². The minimum atomic E-state index is -4.39. The third-order valence-corrected chi connectivity index (χ3v) is 3.27. The van der Waals surface area contributed by atoms with Crippen LogP contribution in [-0.4, -0.2) is 10.2 Å². The molecule has 5 heteroatoms. The molecule has 0 aliphatic carbocycles. The van der Waals surface area contributed by atoms with Gasteiger partial charge in [0.15, 0.2) is 0 Å². The number of rotatable bonds is 3. The second kappa shape index (κ2) is 5.07. The van der Waals surface area contributed by atoms with Crippen molar-refractivity contribution in [2.75, 3.05) is 0 Å². The Morgan fingerprint density at radius 3 is 2.32 bits per heavy atom. The van der Waals surface area contributed by atoms with E-state index in [2.05, 4.69) is 18.9 Å². The second-order valence-electron chi connectivity index (χ2n) is 4.60. The quantitative estimate of drug-likeness (QED) is 0.865. The Labute approximate surface area is 109 Å². The molecule has 1 unspecified atom stereocenters. The standard InChI is InChI=1S/C14H15F3N2/c1-3-9(2)10-4-6-11(7-5-10)12-8-13(19-18-12)14(15,16)17/h4-9H,3H2,1-2H3,(H,18,19). The first-order chi connectivity index (χ1) is 8.91. The average molecular weight is 268 g/mol. The van der Waals surface area contributed by atoms with Crippen molar-refractivity contribution >= 4 is 0 Å². The number of nitrogens with one attached hydrogen (secondary N) is 1. The molecule has 19 heavy (non-hydrogen) atoms. The van der Waals surface area contributed by atoms with E-state index in [4.69, 9.17) is 0 Å². The lowest BCUT2D eigenvalue weighted by Gasteiger charge is -2.08. The van der Waals surface area contributed by atoms with Crippen LogP contribution in [0.3, 0.4) is 0 Å². The molecule has 1 aromatic carbocycles. The Hall–Kier alpha value is -1.78. The minimum absolute atomic E-state index is 0.308. The van der Waals surface area contributed by atoms with Gasteiger partial charge in [-0.1, -0.05) is 38.1 Å². The summed E-state index contributed by atoms with van der Waals surface area (Å²) in [5.74, 6) is 0.443. The summed E-state index contributed by atoms with van der Waals surface area (Å²) in [5, 5.41) is 5.72. The zero-order valence-electron chi connectivity index (χ0n) is 10.8. The maximum Gasteiger partial charge on any atom is 0.432 e. The average Bonchev–Trinajstić information content (AvgIpc) is 2.87. The van der Waals surface area contributed by atoms with Crippen molar-refractivity contribution in [3.8, 4) is 11.3 Å². The van der Waals surface area contributed by atoms with E-state index in [-0.39, 0.29) is 0 Å². The van der Waals surface area contributed by atoms with Crippen LogP contribution >= 0.6 is 0 Å². The van der Waals surface area contributed by atoms with Gasteiger partial charge in [0.05, 0.1) is 5.69 Å². The highest BCUT2D eigenvalue weighted by Gasteiger charge is 2.33. The summed E-state index contributed by atoms with van der Waals surface area (Å²) < 4.78 is 37.4. The molecular formula is C14H15F3N2. The number of nitrogens with zero attached hydrogens (tertiary/aromatic N) is 1. The fourth-order valence-corrected chi connectivity index (χ4v) is 1.83. The first-order valence-corrected chi connectivity index (χ1v) is 6.14. The Balaban J connectivity index is 2.25. The molecule has 0 amide bonds. The first kappa shape index (κ1) is 13.6. The van der Waals surface area contributed by atoms with Gasteiger partial charge in [-0.05, 0) is 24.0 Å². The van der Waals surface area contributed by atoms with E-state index in [0.717, 1.165) is 12.5 Å². The van der Waals surface area contributed by atoms with Crippen LogP contribution < -0.4 is 0 Å². The summed E-state index contributed by atoms with van der Waals surface area (Å²) in [6, 6.07) is 8.50. The molecule has 0 saturated carbocycles. The van der Waals surface area contributed by atoms with Gasteiger partial charge in [-0.15, -0.1) is 0 Å². The molecule has 0 aliphatic rings. The Bertz CT molecular complexity index is 541. The molecule has 2 rings (SSSR count). The van der Waals surface area contributed by atoms with Crippen LogP contribution in [0.15, 0.2) is 30.3 Å². The fraction of sp³-hybridized carbons (Fsp3) is 0.357. The zero-order valence-corrected chi connectivity index (χ0v) is 10.8. The zero-order chi connectivity index (χ0) is 14.0. The summed E-state index contributed by atoms with van der Waals surface area (Å²) in [6.07, 6.45) is -3.36. The molecule has 0 saturated heterocycles. The van der Waals surface area contributed by atoms with Crippen molar-refractivity contribution < 1.29 is 13.2 Å². The normalized spacial score (nSPS) is 13.5. The van der Waals surface area contributed by atoms with Crippen LogP contribution in [0, 0.1) is 0 Å². The molecule has 0 radical (unpaired) electrons. The van der Waals surface area contributed by atoms with Crippen LogP contribution in [0.25, 0.3) is 11.3 Å². The van der Waals surface area contributed by atoms with Gasteiger partial charge in [0.1, 0.15) is 5.69 Å². The second-order valence-corrected chi connectivity index (χ2v) is 4.60. The first-order valence-electron chi connectivity index (χ1n) is 6.14. The predicted molar refractivity (Wildman–Crippen MR) is 67.7 cm³/mol. The highest BCUT2D eigenvalue weighted by Crippen LogP contribution is 2.30. The molecule has 0 fully saturated rings. The van der Waals surface area contributed by atoms with Crippen molar-refractivity contribution in [3.05, 3.63) is 41.6 Å². The fourth-order valence-electron chi connectivity index (χ4n) is 1.83. The molecule has 0 aliphatic heterocycles. The number of hydrogen-bond donors (Lipinski definition) is 1. The number of H-pyrrole nitrogens is 1. The van der Waals surface area contributed by atoms with E-state index in [1.165, 1.54) is 5.56 Å². The van der Waals surface area contributed by atoms with E-state index in [0.29, 0.717) is 17.2 Å². The molecule has 0 bridgehead atoms. The van der Waals surface area contributed by atoms with Crippen LogP contribution in [0.5, 0.6) is 0 Å². The van der Waals surface area contributed by atoms with Crippen molar-refractivity contribution in [1.82, 2.24) is 10.2 Å². The molecule has 2 nitrogen and oxygen atoms in total. The van der Waals surface area contributed by atoms with Crippen molar-refractivity contribution in [2.24, 2.45) is 0 Å². The summed E-state index contributed by atoms with van der Waals surface area (Å²) in [7, 11) is 0. The van der Waals surface area contributed by atoms with Gasteiger partial charge in [0.2, 0.25) is 0 Å². The van der Waals surface area contributed by atoms with E-state index in [1.807, 2.05) is 17.2 Å². The summed E-state index contributed by atoms with van der Waals surface area (Å²) in [5.41, 5.74) is 1.34. The number of halogens is 3. The summed E-state index contributed by atoms with van der Waals surface area (Å²) in [4.78, 5) is 0. The van der Waals surface area contributed by atoms with Crippen molar-refractivity contribution in [2.45, 2.75) is 32.4 Å². The SMILES string of the molecule is CCC(C)c1ccc(-c2cc(C(F)(F)F)[nH]n2)cc1. The molecule has 1 heterocycles. The van der Waals surface area contributed by atoms with E-state index in [1.54, 1.807) is 12.1 Å². The highest BCUT2D eigenvalue weighted by atomic mass is 19.4. The third-order valence-electron chi connectivity index (χ3n) is 3.27. The topological polar surface area (TPSA) is 28.7 Å². The van der Waals surface area contributed by atoms with Crippen molar-refractivity contribution in [3.63, 3.8) is 0 Å². The smallest absolute Gasteiger partial charge is 0.273 e. The number of aromatic amines is 1. The van der Waals surface area contributed by atoms with Gasteiger partial charge in [-0.3, -0.25) is 5.10 Å². The lowest BCUT2D eigenvalue weighted by Crippen LogP contribution is -2.04. The van der Waals surface area contributed by atoms with E-state index >= 15 is 0 Å². The summed E-state index contributed by atoms with van der Waals surface area (Å²) >= 11 is 0. The minimum Gasteiger partial charge on any atom is -0.273 e. The lowest BCUT2D eigenvalue weighted by molar-refractivity contribution is -0.141. The molecule has 1 atom stereocenters. The maximum atomic E-state index is 12.5. The number of alkyl halides is 3. The van der Waals surface area contributed by atoms with Crippen LogP contribution in [0.1, 0.15) is 37.4 Å². The molecule has 102 valence electrons. The van der Waals surface area contributed by atoms with Gasteiger partial charge >= 0.3 is 6.18 Å². The molecule has 1 aromatic heterocycles. The Kier molecular flexibility index (Phi) is 3.64. The van der Waals surface area contributed by atoms with Gasteiger partial charge < -0.3 is 0 Å². The van der Waals surface area contributed by atoms with Gasteiger partial charge in [-0.25, -0.2) is 0 Å².